The van der Waals surface area contributed by atoms with E-state index in [-0.39, 0.29) is 0 Å². The zero-order valence-corrected chi connectivity index (χ0v) is 15.3. The van der Waals surface area contributed by atoms with Crippen molar-refractivity contribution in [2.75, 3.05) is 24.5 Å². The number of aryl methyl sites for hydroxylation is 1. The van der Waals surface area contributed by atoms with Crippen LogP contribution in [-0.4, -0.2) is 29.5 Å². The average Bonchev–Trinajstić information content (AvgIpc) is 3.17. The van der Waals surface area contributed by atoms with Crippen LogP contribution in [0.4, 0.5) is 5.82 Å². The molecular formula is C22H29N3. The maximum atomic E-state index is 4.88. The first-order valence-corrected chi connectivity index (χ1v) is 9.81. The number of anilines is 1. The zero-order chi connectivity index (χ0) is 17.1. The molecule has 0 saturated carbocycles. The van der Waals surface area contributed by atoms with Crippen molar-refractivity contribution in [2.24, 2.45) is 0 Å². The first kappa shape index (κ1) is 16.6. The van der Waals surface area contributed by atoms with Crippen LogP contribution >= 0.6 is 0 Å². The molecule has 2 aliphatic rings. The molecule has 132 valence electrons. The summed E-state index contributed by atoms with van der Waals surface area (Å²) in [6.07, 6.45) is 8.63. The normalized spacial score (nSPS) is 21.6. The van der Waals surface area contributed by atoms with Crippen molar-refractivity contribution in [3.63, 3.8) is 0 Å². The summed E-state index contributed by atoms with van der Waals surface area (Å²) < 4.78 is 0. The molecule has 2 saturated heterocycles. The molecule has 0 bridgehead atoms. The molecular weight excluding hydrogens is 306 g/mol. The maximum Gasteiger partial charge on any atom is 0.131 e. The summed E-state index contributed by atoms with van der Waals surface area (Å²) in [5.41, 5.74) is 4.15. The fraction of sp³-hybridized carbons (Fsp3) is 0.500. The number of benzene rings is 1. The van der Waals surface area contributed by atoms with E-state index in [1.165, 1.54) is 61.2 Å². The van der Waals surface area contributed by atoms with Gasteiger partial charge in [0.15, 0.2) is 0 Å². The van der Waals surface area contributed by atoms with Crippen molar-refractivity contribution in [1.29, 1.82) is 0 Å². The molecule has 25 heavy (non-hydrogen) atoms. The van der Waals surface area contributed by atoms with Crippen LogP contribution in [0.25, 0.3) is 0 Å². The molecule has 1 atom stereocenters. The Kier molecular flexibility index (Phi) is 5.02. The molecule has 0 aliphatic carbocycles. The molecule has 1 aromatic carbocycles. The average molecular weight is 335 g/mol. The molecule has 3 heterocycles. The SMILES string of the molecule is Cc1cc([C@@H]2CCCCN2Cc2ccccc2)cnc1N1CCCC1. The molecule has 0 N–H and O–H groups in total. The quantitative estimate of drug-likeness (QED) is 0.806. The predicted octanol–water partition coefficient (Wildman–Crippen LogP) is 4.72. The van der Waals surface area contributed by atoms with Gasteiger partial charge in [0, 0.05) is 31.9 Å². The van der Waals surface area contributed by atoms with Crippen LogP contribution in [-0.2, 0) is 6.54 Å². The minimum atomic E-state index is 0.507. The molecule has 3 heteroatoms. The summed E-state index contributed by atoms with van der Waals surface area (Å²) >= 11 is 0. The third-order valence-electron chi connectivity index (χ3n) is 5.70. The number of aromatic nitrogens is 1. The Morgan fingerprint density at radius 2 is 1.76 bits per heavy atom. The highest BCUT2D eigenvalue weighted by molar-refractivity contribution is 5.48. The summed E-state index contributed by atoms with van der Waals surface area (Å²) in [5, 5.41) is 0. The molecule has 0 unspecified atom stereocenters. The largest absolute Gasteiger partial charge is 0.356 e. The van der Waals surface area contributed by atoms with Crippen molar-refractivity contribution in [1.82, 2.24) is 9.88 Å². The van der Waals surface area contributed by atoms with E-state index in [9.17, 15) is 0 Å². The predicted molar refractivity (Wildman–Crippen MR) is 104 cm³/mol. The van der Waals surface area contributed by atoms with Gasteiger partial charge in [0.05, 0.1) is 0 Å². The monoisotopic (exact) mass is 335 g/mol. The highest BCUT2D eigenvalue weighted by atomic mass is 15.2. The Bertz CT molecular complexity index is 692. The Morgan fingerprint density at radius 3 is 2.52 bits per heavy atom. The van der Waals surface area contributed by atoms with E-state index >= 15 is 0 Å². The fourth-order valence-electron chi connectivity index (χ4n) is 4.41. The summed E-state index contributed by atoms with van der Waals surface area (Å²) in [7, 11) is 0. The van der Waals surface area contributed by atoms with Crippen LogP contribution in [0.15, 0.2) is 42.6 Å². The molecule has 1 aromatic heterocycles. The van der Waals surface area contributed by atoms with Gasteiger partial charge in [-0.2, -0.15) is 0 Å². The van der Waals surface area contributed by atoms with E-state index in [0.717, 1.165) is 19.6 Å². The second-order valence-electron chi connectivity index (χ2n) is 7.57. The number of piperidine rings is 1. The lowest BCUT2D eigenvalue weighted by Gasteiger charge is -2.36. The van der Waals surface area contributed by atoms with Gasteiger partial charge in [0.25, 0.3) is 0 Å². The standard InChI is InChI=1S/C22H29N3/c1-18-15-20(16-23-22(18)24-12-7-8-13-24)21-11-5-6-14-25(21)17-19-9-3-2-4-10-19/h2-4,9-10,15-16,21H,5-8,11-14,17H2,1H3/t21-/m0/s1. The Labute approximate surface area is 151 Å². The van der Waals surface area contributed by atoms with E-state index in [1.807, 2.05) is 0 Å². The van der Waals surface area contributed by atoms with E-state index in [1.54, 1.807) is 0 Å². The van der Waals surface area contributed by atoms with Crippen LogP contribution in [0.3, 0.4) is 0 Å². The summed E-state index contributed by atoms with van der Waals surface area (Å²) in [6.45, 7) is 6.78. The molecule has 0 amide bonds. The number of hydrogen-bond acceptors (Lipinski definition) is 3. The lowest BCUT2D eigenvalue weighted by atomic mass is 9.95. The highest BCUT2D eigenvalue weighted by Gasteiger charge is 2.25. The van der Waals surface area contributed by atoms with Gasteiger partial charge in [-0.3, -0.25) is 4.90 Å². The third-order valence-corrected chi connectivity index (χ3v) is 5.70. The molecule has 2 fully saturated rings. The number of likely N-dealkylation sites (tertiary alicyclic amines) is 1. The minimum Gasteiger partial charge on any atom is -0.356 e. The number of rotatable bonds is 4. The van der Waals surface area contributed by atoms with Crippen molar-refractivity contribution in [3.8, 4) is 0 Å². The smallest absolute Gasteiger partial charge is 0.131 e. The number of pyridine rings is 1. The summed E-state index contributed by atoms with van der Waals surface area (Å²) in [5.74, 6) is 1.20. The molecule has 3 nitrogen and oxygen atoms in total. The first-order valence-electron chi connectivity index (χ1n) is 9.81. The van der Waals surface area contributed by atoms with E-state index in [0.29, 0.717) is 6.04 Å². The molecule has 2 aliphatic heterocycles. The third kappa shape index (κ3) is 3.72. The van der Waals surface area contributed by atoms with Gasteiger partial charge in [0.1, 0.15) is 5.82 Å². The van der Waals surface area contributed by atoms with Crippen molar-refractivity contribution >= 4 is 5.82 Å². The lowest BCUT2D eigenvalue weighted by molar-refractivity contribution is 0.140. The van der Waals surface area contributed by atoms with Gasteiger partial charge in [-0.1, -0.05) is 36.8 Å². The molecule has 0 spiro atoms. The van der Waals surface area contributed by atoms with Gasteiger partial charge in [-0.15, -0.1) is 0 Å². The van der Waals surface area contributed by atoms with Gasteiger partial charge in [0.2, 0.25) is 0 Å². The first-order chi connectivity index (χ1) is 12.3. The molecule has 0 radical (unpaired) electrons. The zero-order valence-electron chi connectivity index (χ0n) is 15.3. The van der Waals surface area contributed by atoms with E-state index in [2.05, 4.69) is 59.3 Å². The molecule has 2 aromatic rings. The molecule has 4 rings (SSSR count). The van der Waals surface area contributed by atoms with Gasteiger partial charge >= 0.3 is 0 Å². The minimum absolute atomic E-state index is 0.507. The van der Waals surface area contributed by atoms with E-state index in [4.69, 9.17) is 4.98 Å². The van der Waals surface area contributed by atoms with Crippen molar-refractivity contribution < 1.29 is 0 Å². The highest BCUT2D eigenvalue weighted by Crippen LogP contribution is 2.33. The van der Waals surface area contributed by atoms with Gasteiger partial charge < -0.3 is 4.90 Å². The Morgan fingerprint density at radius 1 is 1.00 bits per heavy atom. The second kappa shape index (κ2) is 7.57. The number of hydrogen-bond donors (Lipinski definition) is 0. The lowest BCUT2D eigenvalue weighted by Crippen LogP contribution is -2.33. The topological polar surface area (TPSA) is 19.4 Å². The Balaban J connectivity index is 1.54. The summed E-state index contributed by atoms with van der Waals surface area (Å²) in [4.78, 5) is 9.97. The Hall–Kier alpha value is -1.87. The number of nitrogens with zero attached hydrogens (tertiary/aromatic N) is 3. The maximum absolute atomic E-state index is 4.88. The van der Waals surface area contributed by atoms with Crippen molar-refractivity contribution in [2.45, 2.75) is 51.6 Å². The fourth-order valence-corrected chi connectivity index (χ4v) is 4.41. The van der Waals surface area contributed by atoms with Crippen LogP contribution < -0.4 is 4.90 Å². The van der Waals surface area contributed by atoms with Crippen LogP contribution in [0.5, 0.6) is 0 Å². The van der Waals surface area contributed by atoms with Gasteiger partial charge in [-0.05, 0) is 61.9 Å². The van der Waals surface area contributed by atoms with Crippen molar-refractivity contribution in [3.05, 3.63) is 59.3 Å². The van der Waals surface area contributed by atoms with Crippen LogP contribution in [0, 0.1) is 6.92 Å². The van der Waals surface area contributed by atoms with Crippen LogP contribution in [0.2, 0.25) is 0 Å². The van der Waals surface area contributed by atoms with Crippen LogP contribution in [0.1, 0.15) is 54.8 Å². The second-order valence-corrected chi connectivity index (χ2v) is 7.57. The summed E-state index contributed by atoms with van der Waals surface area (Å²) in [6, 6.07) is 13.8. The van der Waals surface area contributed by atoms with E-state index < -0.39 is 0 Å². The van der Waals surface area contributed by atoms with Gasteiger partial charge in [-0.25, -0.2) is 4.98 Å².